The van der Waals surface area contributed by atoms with Crippen LogP contribution in [0.4, 0.5) is 0 Å². The predicted molar refractivity (Wildman–Crippen MR) is 123 cm³/mol. The quantitative estimate of drug-likeness (QED) is 0.375. The van der Waals surface area contributed by atoms with Crippen molar-refractivity contribution in [2.24, 2.45) is 0 Å². The molecule has 0 aliphatic rings. The van der Waals surface area contributed by atoms with Gasteiger partial charge in [0.25, 0.3) is 0 Å². The van der Waals surface area contributed by atoms with E-state index in [1.165, 1.54) is 12.1 Å². The van der Waals surface area contributed by atoms with Crippen molar-refractivity contribution >= 4 is 34.5 Å². The molecule has 0 saturated carbocycles. The molecular formula is C23H28INO5. The largest absolute Gasteiger partial charge is 0.508 e. The summed E-state index contributed by atoms with van der Waals surface area (Å²) in [6, 6.07) is 9.36. The zero-order chi connectivity index (χ0) is 22.5. The number of halogens is 1. The second-order valence-electron chi connectivity index (χ2n) is 8.27. The van der Waals surface area contributed by atoms with Crippen LogP contribution < -0.4 is 5.32 Å². The first-order valence-corrected chi connectivity index (χ1v) is 10.8. The van der Waals surface area contributed by atoms with Crippen LogP contribution >= 0.6 is 22.6 Å². The number of nitrogens with one attached hydrogen (secondary N) is 1. The summed E-state index contributed by atoms with van der Waals surface area (Å²) in [6.45, 7) is 7.15. The molecule has 1 amide bonds. The number of carbonyl (C=O) groups is 2. The van der Waals surface area contributed by atoms with Gasteiger partial charge in [-0.05, 0) is 91.6 Å². The summed E-state index contributed by atoms with van der Waals surface area (Å²) in [5.74, 6) is -0.373. The highest BCUT2D eigenvalue weighted by molar-refractivity contribution is 14.1. The van der Waals surface area contributed by atoms with Gasteiger partial charge in [0.15, 0.2) is 0 Å². The van der Waals surface area contributed by atoms with Crippen molar-refractivity contribution in [1.82, 2.24) is 5.32 Å². The van der Waals surface area contributed by atoms with Gasteiger partial charge in [-0.1, -0.05) is 18.2 Å². The van der Waals surface area contributed by atoms with Crippen molar-refractivity contribution in [1.29, 1.82) is 0 Å². The predicted octanol–water partition coefficient (Wildman–Crippen LogP) is 4.01. The van der Waals surface area contributed by atoms with Gasteiger partial charge >= 0.3 is 5.97 Å². The van der Waals surface area contributed by atoms with Gasteiger partial charge < -0.3 is 20.3 Å². The number of hydrogen-bond donors (Lipinski definition) is 3. The lowest BCUT2D eigenvalue weighted by atomic mass is 10.0. The number of esters is 1. The van der Waals surface area contributed by atoms with E-state index >= 15 is 0 Å². The van der Waals surface area contributed by atoms with Crippen LogP contribution in [-0.4, -0.2) is 33.7 Å². The molecule has 1 atom stereocenters. The highest BCUT2D eigenvalue weighted by Crippen LogP contribution is 2.26. The highest BCUT2D eigenvalue weighted by Gasteiger charge is 2.27. The fraction of sp³-hybridized carbons (Fsp3) is 0.391. The Morgan fingerprint density at radius 1 is 1.10 bits per heavy atom. The number of rotatable bonds is 7. The van der Waals surface area contributed by atoms with Crippen molar-refractivity contribution < 1.29 is 24.5 Å². The normalized spacial score (nSPS) is 12.3. The standard InChI is InChI=1S/C23H28INO5/c1-14-11-16(12-18(24)21(14)28)7-10-20(27)25-19(22(29)30-23(2,3)4)13-15-5-8-17(26)9-6-15/h5-6,8-9,11-12,19,26,28H,7,10,13H2,1-4H3,(H,25,27). The summed E-state index contributed by atoms with van der Waals surface area (Å²) in [4.78, 5) is 25.2. The lowest BCUT2D eigenvalue weighted by molar-refractivity contribution is -0.158. The van der Waals surface area contributed by atoms with Crippen LogP contribution in [0.2, 0.25) is 0 Å². The van der Waals surface area contributed by atoms with Crippen LogP contribution in [0, 0.1) is 10.5 Å². The molecule has 2 aromatic rings. The molecule has 7 heteroatoms. The number of aromatic hydroxyl groups is 2. The molecule has 0 aromatic heterocycles. The minimum absolute atomic E-state index is 0.135. The zero-order valence-electron chi connectivity index (χ0n) is 17.7. The Balaban J connectivity index is 2.07. The van der Waals surface area contributed by atoms with Gasteiger partial charge in [0, 0.05) is 12.8 Å². The van der Waals surface area contributed by atoms with E-state index in [1.54, 1.807) is 32.9 Å². The Morgan fingerprint density at radius 2 is 1.73 bits per heavy atom. The molecule has 3 N–H and O–H groups in total. The van der Waals surface area contributed by atoms with Crippen LogP contribution in [0.1, 0.15) is 43.9 Å². The number of amides is 1. The van der Waals surface area contributed by atoms with E-state index in [0.717, 1.165) is 20.3 Å². The van der Waals surface area contributed by atoms with E-state index in [1.807, 2.05) is 19.1 Å². The van der Waals surface area contributed by atoms with E-state index in [2.05, 4.69) is 27.9 Å². The SMILES string of the molecule is Cc1cc(CCC(=O)NC(Cc2ccc(O)cc2)C(=O)OC(C)(C)C)cc(I)c1O. The van der Waals surface area contributed by atoms with Gasteiger partial charge in [0.2, 0.25) is 5.91 Å². The third-order valence-electron chi connectivity index (χ3n) is 4.36. The Hall–Kier alpha value is -2.29. The van der Waals surface area contributed by atoms with Crippen LogP contribution in [0.15, 0.2) is 36.4 Å². The van der Waals surface area contributed by atoms with Crippen LogP contribution in [-0.2, 0) is 27.2 Å². The third-order valence-corrected chi connectivity index (χ3v) is 5.18. The second-order valence-corrected chi connectivity index (χ2v) is 9.43. The summed E-state index contributed by atoms with van der Waals surface area (Å²) in [6.07, 6.45) is 0.954. The zero-order valence-corrected chi connectivity index (χ0v) is 19.8. The molecule has 0 spiro atoms. The molecule has 162 valence electrons. The van der Waals surface area contributed by atoms with E-state index in [9.17, 15) is 19.8 Å². The molecule has 0 aliphatic carbocycles. The van der Waals surface area contributed by atoms with Gasteiger partial charge in [-0.3, -0.25) is 4.79 Å². The molecule has 0 bridgehead atoms. The fourth-order valence-corrected chi connectivity index (χ4v) is 3.74. The Bertz CT molecular complexity index is 880. The number of ether oxygens (including phenoxy) is 1. The molecule has 1 unspecified atom stereocenters. The van der Waals surface area contributed by atoms with Crippen molar-refractivity contribution in [3.8, 4) is 11.5 Å². The molecule has 2 aromatic carbocycles. The summed E-state index contributed by atoms with van der Waals surface area (Å²) in [5, 5.41) is 22.1. The first-order chi connectivity index (χ1) is 13.9. The molecule has 30 heavy (non-hydrogen) atoms. The Kier molecular flexibility index (Phi) is 8.11. The van der Waals surface area contributed by atoms with Crippen LogP contribution in [0.5, 0.6) is 11.5 Å². The lowest BCUT2D eigenvalue weighted by Crippen LogP contribution is -2.45. The molecule has 6 nitrogen and oxygen atoms in total. The highest BCUT2D eigenvalue weighted by atomic mass is 127. The molecular weight excluding hydrogens is 497 g/mol. The molecule has 0 saturated heterocycles. The fourth-order valence-electron chi connectivity index (χ4n) is 2.91. The molecule has 2 rings (SSSR count). The topological polar surface area (TPSA) is 95.9 Å². The third kappa shape index (κ3) is 7.51. The van der Waals surface area contributed by atoms with Crippen molar-refractivity contribution in [3.05, 3.63) is 56.7 Å². The van der Waals surface area contributed by atoms with Gasteiger partial charge in [-0.15, -0.1) is 0 Å². The van der Waals surface area contributed by atoms with Gasteiger partial charge in [0.1, 0.15) is 23.1 Å². The van der Waals surface area contributed by atoms with Crippen LogP contribution in [0.25, 0.3) is 0 Å². The molecule has 0 heterocycles. The maximum Gasteiger partial charge on any atom is 0.329 e. The van der Waals surface area contributed by atoms with E-state index < -0.39 is 17.6 Å². The van der Waals surface area contributed by atoms with Crippen molar-refractivity contribution in [2.75, 3.05) is 0 Å². The average molecular weight is 525 g/mol. The average Bonchev–Trinajstić information content (AvgIpc) is 2.64. The van der Waals surface area contributed by atoms with Crippen LogP contribution in [0.3, 0.4) is 0 Å². The minimum Gasteiger partial charge on any atom is -0.508 e. The van der Waals surface area contributed by atoms with Crippen molar-refractivity contribution in [2.45, 2.75) is 58.6 Å². The first-order valence-electron chi connectivity index (χ1n) is 9.73. The number of carbonyl (C=O) groups excluding carboxylic acids is 2. The van der Waals surface area contributed by atoms with E-state index in [0.29, 0.717) is 6.42 Å². The summed E-state index contributed by atoms with van der Waals surface area (Å²) >= 11 is 2.06. The summed E-state index contributed by atoms with van der Waals surface area (Å²) in [5.41, 5.74) is 1.83. The van der Waals surface area contributed by atoms with Crippen molar-refractivity contribution in [3.63, 3.8) is 0 Å². The summed E-state index contributed by atoms with van der Waals surface area (Å²) < 4.78 is 6.21. The summed E-state index contributed by atoms with van der Waals surface area (Å²) in [7, 11) is 0. The smallest absolute Gasteiger partial charge is 0.329 e. The Morgan fingerprint density at radius 3 is 2.30 bits per heavy atom. The molecule has 0 fully saturated rings. The van der Waals surface area contributed by atoms with Gasteiger partial charge in [0.05, 0.1) is 3.57 Å². The first kappa shape index (κ1) is 24.0. The number of phenolic OH excluding ortho intramolecular Hbond substituents is 2. The molecule has 0 radical (unpaired) electrons. The molecule has 0 aliphatic heterocycles. The van der Waals surface area contributed by atoms with E-state index in [-0.39, 0.29) is 30.2 Å². The number of aryl methyl sites for hydroxylation is 2. The minimum atomic E-state index is -0.831. The maximum absolute atomic E-state index is 12.7. The number of phenols is 2. The van der Waals surface area contributed by atoms with E-state index in [4.69, 9.17) is 4.74 Å². The monoisotopic (exact) mass is 525 g/mol. The number of hydrogen-bond acceptors (Lipinski definition) is 5. The second kappa shape index (κ2) is 10.1. The lowest BCUT2D eigenvalue weighted by Gasteiger charge is -2.24. The van der Waals surface area contributed by atoms with Gasteiger partial charge in [-0.2, -0.15) is 0 Å². The Labute approximate surface area is 190 Å². The number of benzene rings is 2. The van der Waals surface area contributed by atoms with Gasteiger partial charge in [-0.25, -0.2) is 4.79 Å². The maximum atomic E-state index is 12.7.